The summed E-state index contributed by atoms with van der Waals surface area (Å²) in [5, 5.41) is 12.6. The summed E-state index contributed by atoms with van der Waals surface area (Å²) >= 11 is 4.87. The normalized spacial score (nSPS) is 20.1. The number of nitrogens with one attached hydrogen (secondary N) is 1. The summed E-state index contributed by atoms with van der Waals surface area (Å²) in [5.41, 5.74) is 2.91. The van der Waals surface area contributed by atoms with Gasteiger partial charge in [0.15, 0.2) is 5.82 Å². The molecule has 1 saturated heterocycles. The van der Waals surface area contributed by atoms with Gasteiger partial charge in [0.1, 0.15) is 16.8 Å². The molecule has 1 N–H and O–H groups in total. The first-order valence-corrected chi connectivity index (χ1v) is 12.1. The van der Waals surface area contributed by atoms with Crippen LogP contribution in [0.1, 0.15) is 44.7 Å². The zero-order valence-electron chi connectivity index (χ0n) is 20.2. The number of carbonyl (C=O) groups is 1. The van der Waals surface area contributed by atoms with E-state index in [2.05, 4.69) is 26.2 Å². The fourth-order valence-electron chi connectivity index (χ4n) is 4.56. The predicted octanol–water partition coefficient (Wildman–Crippen LogP) is 4.12. The predicted molar refractivity (Wildman–Crippen MR) is 137 cm³/mol. The number of amides is 1. The largest absolute Gasteiger partial charge is 0.444 e. The third-order valence-electron chi connectivity index (χ3n) is 6.09. The highest BCUT2D eigenvalue weighted by molar-refractivity contribution is 7.81. The Morgan fingerprint density at radius 1 is 1.32 bits per heavy atom. The van der Waals surface area contributed by atoms with Crippen molar-refractivity contribution in [1.82, 2.24) is 10.3 Å². The molecule has 2 aliphatic heterocycles. The molecule has 1 fully saturated rings. The van der Waals surface area contributed by atoms with Crippen molar-refractivity contribution in [2.24, 2.45) is 0 Å². The number of carbonyl (C=O) groups excluding carboxylic acids is 1. The van der Waals surface area contributed by atoms with Crippen LogP contribution in [0.25, 0.3) is 0 Å². The number of ether oxygens (including phenoxy) is 1. The second-order valence-electron chi connectivity index (χ2n) is 9.79. The van der Waals surface area contributed by atoms with Crippen LogP contribution in [0.4, 0.5) is 22.0 Å². The third kappa shape index (κ3) is 5.02. The van der Waals surface area contributed by atoms with Crippen LogP contribution in [-0.2, 0) is 11.3 Å². The first-order valence-electron chi connectivity index (χ1n) is 11.6. The molecule has 1 aromatic carbocycles. The molecular formula is C25H32N6O2S. The molecule has 180 valence electrons. The number of hydrogen-bond donors (Lipinski definition) is 2. The van der Waals surface area contributed by atoms with Crippen molar-refractivity contribution in [2.45, 2.75) is 57.3 Å². The molecule has 8 nitrogen and oxygen atoms in total. The quantitative estimate of drug-likeness (QED) is 0.637. The lowest BCUT2D eigenvalue weighted by molar-refractivity contribution is 0.0500. The van der Waals surface area contributed by atoms with E-state index in [9.17, 15) is 10.1 Å². The van der Waals surface area contributed by atoms with E-state index in [0.29, 0.717) is 18.7 Å². The maximum atomic E-state index is 12.3. The maximum absolute atomic E-state index is 12.3. The first-order chi connectivity index (χ1) is 16.2. The number of rotatable bonds is 4. The van der Waals surface area contributed by atoms with E-state index in [1.165, 1.54) is 0 Å². The molecule has 1 amide bonds. The van der Waals surface area contributed by atoms with Crippen molar-refractivity contribution in [2.75, 3.05) is 34.8 Å². The number of piperidine rings is 1. The van der Waals surface area contributed by atoms with E-state index in [-0.39, 0.29) is 17.6 Å². The van der Waals surface area contributed by atoms with Crippen LogP contribution in [0.3, 0.4) is 0 Å². The monoisotopic (exact) mass is 480 g/mol. The standard InChI is InChI=1S/C25H32N6O2S/c1-25(2,3)33-23(32)28-19-10-7-13-30(16-19)20-11-12-27-22-21(20)31(24(34)29(22)4)15-18-9-6-5-8-17(18)14-26/h5-6,8-9,11-12,19,24,34H,7,10,13,15-16H2,1-4H3,(H,28,32)/t19-,24?/m1/s1. The molecule has 2 atom stereocenters. The van der Waals surface area contributed by atoms with Gasteiger partial charge in [-0.1, -0.05) is 18.2 Å². The number of aromatic nitrogens is 1. The van der Waals surface area contributed by atoms with Crippen LogP contribution in [0.2, 0.25) is 0 Å². The van der Waals surface area contributed by atoms with Crippen LogP contribution in [0, 0.1) is 11.3 Å². The van der Waals surface area contributed by atoms with Gasteiger partial charge in [0.05, 0.1) is 17.3 Å². The van der Waals surface area contributed by atoms with Crippen molar-refractivity contribution in [3.05, 3.63) is 47.7 Å². The number of anilines is 3. The van der Waals surface area contributed by atoms with Crippen molar-refractivity contribution in [1.29, 1.82) is 5.26 Å². The summed E-state index contributed by atoms with van der Waals surface area (Å²) < 4.78 is 5.46. The molecule has 0 radical (unpaired) electrons. The number of pyridine rings is 1. The molecule has 0 aliphatic carbocycles. The lowest BCUT2D eigenvalue weighted by Gasteiger charge is -2.37. The Hall–Kier alpha value is -3.12. The van der Waals surface area contributed by atoms with Crippen molar-refractivity contribution < 1.29 is 9.53 Å². The summed E-state index contributed by atoms with van der Waals surface area (Å²) in [6, 6.07) is 12.0. The van der Waals surface area contributed by atoms with Crippen molar-refractivity contribution in [3.8, 4) is 6.07 Å². The number of fused-ring (bicyclic) bond motifs is 1. The van der Waals surface area contributed by atoms with Crippen LogP contribution in [0.5, 0.6) is 0 Å². The average Bonchev–Trinajstić information content (AvgIpc) is 3.03. The SMILES string of the molecule is CN1c2nccc(N3CCC[C@@H](NC(=O)OC(C)(C)C)C3)c2N(Cc2ccccc2C#N)C1S. The number of thiol groups is 1. The second kappa shape index (κ2) is 9.63. The zero-order valence-corrected chi connectivity index (χ0v) is 21.0. The minimum Gasteiger partial charge on any atom is -0.444 e. The smallest absolute Gasteiger partial charge is 0.407 e. The molecule has 3 heterocycles. The van der Waals surface area contributed by atoms with Gasteiger partial charge >= 0.3 is 6.09 Å². The minimum absolute atomic E-state index is 0.00823. The highest BCUT2D eigenvalue weighted by atomic mass is 32.1. The molecular weight excluding hydrogens is 448 g/mol. The fourth-order valence-corrected chi connectivity index (χ4v) is 4.86. The van der Waals surface area contributed by atoms with Crippen LogP contribution in [-0.4, -0.2) is 48.4 Å². The highest BCUT2D eigenvalue weighted by Crippen LogP contribution is 2.46. The van der Waals surface area contributed by atoms with Gasteiger partial charge in [-0.05, 0) is 51.3 Å². The molecule has 1 aromatic heterocycles. The minimum atomic E-state index is -0.531. The molecule has 2 aromatic rings. The van der Waals surface area contributed by atoms with Crippen LogP contribution < -0.4 is 20.0 Å². The van der Waals surface area contributed by atoms with Gasteiger partial charge in [-0.25, -0.2) is 9.78 Å². The Bertz CT molecular complexity index is 1100. The summed E-state index contributed by atoms with van der Waals surface area (Å²) in [6.07, 6.45) is 3.29. The van der Waals surface area contributed by atoms with Crippen molar-refractivity contribution >= 4 is 35.9 Å². The number of alkyl carbamates (subject to hydrolysis) is 1. The Kier molecular flexibility index (Phi) is 6.80. The van der Waals surface area contributed by atoms with E-state index in [0.717, 1.165) is 42.1 Å². The highest BCUT2D eigenvalue weighted by Gasteiger charge is 2.37. The second-order valence-corrected chi connectivity index (χ2v) is 10.2. The van der Waals surface area contributed by atoms with Crippen LogP contribution in [0.15, 0.2) is 36.5 Å². The first kappa shape index (κ1) is 24.0. The van der Waals surface area contributed by atoms with E-state index in [1.807, 2.05) is 69.2 Å². The summed E-state index contributed by atoms with van der Waals surface area (Å²) in [7, 11) is 1.98. The van der Waals surface area contributed by atoms with Gasteiger partial charge in [-0.15, -0.1) is 12.6 Å². The van der Waals surface area contributed by atoms with E-state index in [1.54, 1.807) is 0 Å². The van der Waals surface area contributed by atoms with Crippen molar-refractivity contribution in [3.63, 3.8) is 0 Å². The molecule has 0 spiro atoms. The summed E-state index contributed by atoms with van der Waals surface area (Å²) in [4.78, 5) is 23.5. The Morgan fingerprint density at radius 3 is 2.82 bits per heavy atom. The molecule has 4 rings (SSSR count). The number of hydrogen-bond acceptors (Lipinski definition) is 8. The molecule has 9 heteroatoms. The van der Waals surface area contributed by atoms with Gasteiger partial charge in [0.2, 0.25) is 0 Å². The van der Waals surface area contributed by atoms with E-state index in [4.69, 9.17) is 17.4 Å². The molecule has 34 heavy (non-hydrogen) atoms. The Labute approximate surface area is 206 Å². The fraction of sp³-hybridized carbons (Fsp3) is 0.480. The Morgan fingerprint density at radius 2 is 2.09 bits per heavy atom. The number of nitriles is 1. The van der Waals surface area contributed by atoms with Gasteiger partial charge < -0.3 is 24.8 Å². The summed E-state index contributed by atoms with van der Waals surface area (Å²) in [6.45, 7) is 7.70. The van der Waals surface area contributed by atoms with Gasteiger partial charge in [-0.3, -0.25) is 0 Å². The Balaban J connectivity index is 1.60. The average molecular weight is 481 g/mol. The van der Waals surface area contributed by atoms with E-state index < -0.39 is 5.60 Å². The van der Waals surface area contributed by atoms with Gasteiger partial charge in [-0.2, -0.15) is 5.26 Å². The lowest BCUT2D eigenvalue weighted by Crippen LogP contribution is -2.49. The van der Waals surface area contributed by atoms with E-state index >= 15 is 0 Å². The number of benzene rings is 1. The molecule has 0 saturated carbocycles. The maximum Gasteiger partial charge on any atom is 0.407 e. The molecule has 1 unspecified atom stereocenters. The topological polar surface area (TPSA) is 84.7 Å². The van der Waals surface area contributed by atoms with Gasteiger partial charge in [0, 0.05) is 38.9 Å². The zero-order chi connectivity index (χ0) is 24.5. The summed E-state index contributed by atoms with van der Waals surface area (Å²) in [5.74, 6) is 0.856. The molecule has 0 bridgehead atoms. The van der Waals surface area contributed by atoms with Gasteiger partial charge in [0.25, 0.3) is 0 Å². The lowest BCUT2D eigenvalue weighted by atomic mass is 10.0. The third-order valence-corrected chi connectivity index (χ3v) is 6.72. The van der Waals surface area contributed by atoms with Crippen LogP contribution >= 0.6 is 12.6 Å². The number of nitrogens with zero attached hydrogens (tertiary/aromatic N) is 5. The molecule has 2 aliphatic rings.